The molecule has 31 heavy (non-hydrogen) atoms. The molecule has 1 heterocycles. The minimum atomic E-state index is -0.374. The van der Waals surface area contributed by atoms with Crippen molar-refractivity contribution >= 4 is 38.8 Å². The fourth-order valence-corrected chi connectivity index (χ4v) is 3.84. The molecule has 0 bridgehead atoms. The van der Waals surface area contributed by atoms with Crippen LogP contribution in [0.15, 0.2) is 79.3 Å². The number of aryl methyl sites for hydroxylation is 1. The van der Waals surface area contributed by atoms with E-state index < -0.39 is 0 Å². The van der Waals surface area contributed by atoms with E-state index in [-0.39, 0.29) is 11.4 Å². The number of halogens is 1. The van der Waals surface area contributed by atoms with Crippen molar-refractivity contribution in [1.29, 1.82) is 0 Å². The minimum Gasteiger partial charge on any atom is -0.504 e. The Morgan fingerprint density at radius 2 is 1.90 bits per heavy atom. The van der Waals surface area contributed by atoms with Crippen LogP contribution >= 0.6 is 15.9 Å². The lowest BCUT2D eigenvalue weighted by molar-refractivity contribution is 0.317. The van der Waals surface area contributed by atoms with Crippen LogP contribution in [0.3, 0.4) is 0 Å². The molecule has 0 fully saturated rings. The summed E-state index contributed by atoms with van der Waals surface area (Å²) in [7, 11) is 0. The quantitative estimate of drug-likeness (QED) is 0.267. The van der Waals surface area contributed by atoms with Gasteiger partial charge in [0.1, 0.15) is 5.58 Å². The van der Waals surface area contributed by atoms with Gasteiger partial charge in [0.2, 0.25) is 0 Å². The molecular formula is C25H20BrNO4. The summed E-state index contributed by atoms with van der Waals surface area (Å²) < 4.78 is 11.7. The Balaban J connectivity index is 1.68. The Labute approximate surface area is 187 Å². The van der Waals surface area contributed by atoms with Crippen LogP contribution in [0.1, 0.15) is 18.1 Å². The average molecular weight is 478 g/mol. The molecule has 0 aliphatic rings. The van der Waals surface area contributed by atoms with E-state index >= 15 is 0 Å². The lowest BCUT2D eigenvalue weighted by atomic mass is 10.0. The monoisotopic (exact) mass is 477 g/mol. The van der Waals surface area contributed by atoms with Crippen LogP contribution in [-0.2, 0) is 0 Å². The molecule has 1 aromatic heterocycles. The zero-order valence-electron chi connectivity index (χ0n) is 17.1. The summed E-state index contributed by atoms with van der Waals surface area (Å²) in [5.74, 6) is 0.434. The second-order valence-corrected chi connectivity index (χ2v) is 7.93. The third-order valence-electron chi connectivity index (χ3n) is 4.86. The fourth-order valence-electron chi connectivity index (χ4n) is 3.38. The lowest BCUT2D eigenvalue weighted by Crippen LogP contribution is -2.03. The number of nitrogens with zero attached hydrogens (tertiary/aromatic N) is 1. The van der Waals surface area contributed by atoms with Crippen LogP contribution in [0.5, 0.6) is 11.5 Å². The van der Waals surface area contributed by atoms with E-state index in [1.165, 1.54) is 0 Å². The van der Waals surface area contributed by atoms with Gasteiger partial charge in [-0.25, -0.2) is 4.79 Å². The molecule has 5 nitrogen and oxygen atoms in total. The van der Waals surface area contributed by atoms with Gasteiger partial charge in [-0.2, -0.15) is 0 Å². The Kier molecular flexibility index (Phi) is 5.91. The van der Waals surface area contributed by atoms with Gasteiger partial charge in [-0.3, -0.25) is 4.99 Å². The third-order valence-corrected chi connectivity index (χ3v) is 5.32. The number of fused-ring (bicyclic) bond motifs is 1. The first-order chi connectivity index (χ1) is 15.0. The average Bonchev–Trinajstić information content (AvgIpc) is 2.75. The highest BCUT2D eigenvalue weighted by Crippen LogP contribution is 2.33. The minimum absolute atomic E-state index is 0.0379. The summed E-state index contributed by atoms with van der Waals surface area (Å²) in [4.78, 5) is 17.0. The number of hydrogen-bond acceptors (Lipinski definition) is 5. The molecule has 0 saturated carbocycles. The maximum Gasteiger partial charge on any atom is 0.344 e. The normalized spacial score (nSPS) is 11.3. The molecule has 3 aromatic carbocycles. The standard InChI is InChI=1S/C25H20BrNO4/c1-3-30-23-13-18(26)11-17(24(23)28)14-27-19-8-9-20(15(2)10-19)21-12-16-6-4-5-7-22(16)31-25(21)29/h4-14,28H,3H2,1-2H3. The van der Waals surface area contributed by atoms with E-state index in [0.29, 0.717) is 34.8 Å². The summed E-state index contributed by atoms with van der Waals surface area (Å²) in [5, 5.41) is 11.3. The van der Waals surface area contributed by atoms with Gasteiger partial charge >= 0.3 is 5.63 Å². The molecule has 0 atom stereocenters. The number of benzene rings is 3. The van der Waals surface area contributed by atoms with Gasteiger partial charge in [-0.15, -0.1) is 0 Å². The smallest absolute Gasteiger partial charge is 0.344 e. The number of phenolic OH excluding ortho intramolecular Hbond substituents is 1. The number of hydrogen-bond donors (Lipinski definition) is 1. The zero-order chi connectivity index (χ0) is 22.0. The first kappa shape index (κ1) is 20.9. The molecule has 0 aliphatic heterocycles. The van der Waals surface area contributed by atoms with E-state index in [9.17, 15) is 9.90 Å². The molecular weight excluding hydrogens is 458 g/mol. The maximum atomic E-state index is 12.5. The highest BCUT2D eigenvalue weighted by atomic mass is 79.9. The Morgan fingerprint density at radius 3 is 2.68 bits per heavy atom. The van der Waals surface area contributed by atoms with Crippen molar-refractivity contribution in [2.24, 2.45) is 4.99 Å². The molecule has 0 radical (unpaired) electrons. The second kappa shape index (κ2) is 8.78. The molecule has 0 amide bonds. The van der Waals surface area contributed by atoms with Crippen molar-refractivity contribution in [1.82, 2.24) is 0 Å². The van der Waals surface area contributed by atoms with Crippen molar-refractivity contribution in [3.05, 3.63) is 86.7 Å². The molecule has 0 unspecified atom stereocenters. The van der Waals surface area contributed by atoms with Crippen LogP contribution < -0.4 is 10.4 Å². The zero-order valence-corrected chi connectivity index (χ0v) is 18.6. The number of rotatable bonds is 5. The van der Waals surface area contributed by atoms with Crippen molar-refractivity contribution in [3.63, 3.8) is 0 Å². The van der Waals surface area contributed by atoms with Crippen LogP contribution in [0.4, 0.5) is 5.69 Å². The van der Waals surface area contributed by atoms with E-state index in [2.05, 4.69) is 20.9 Å². The molecule has 0 spiro atoms. The van der Waals surface area contributed by atoms with Gasteiger partial charge in [-0.1, -0.05) is 40.2 Å². The van der Waals surface area contributed by atoms with Gasteiger partial charge in [0.15, 0.2) is 11.5 Å². The lowest BCUT2D eigenvalue weighted by Gasteiger charge is -2.09. The number of aliphatic imine (C=N–C) groups is 1. The van der Waals surface area contributed by atoms with E-state index in [0.717, 1.165) is 21.0 Å². The second-order valence-electron chi connectivity index (χ2n) is 7.02. The molecule has 0 saturated heterocycles. The van der Waals surface area contributed by atoms with E-state index in [1.807, 2.05) is 56.3 Å². The summed E-state index contributed by atoms with van der Waals surface area (Å²) in [6, 6.07) is 18.3. The molecule has 1 N–H and O–H groups in total. The van der Waals surface area contributed by atoms with Crippen LogP contribution in [-0.4, -0.2) is 17.9 Å². The predicted molar refractivity (Wildman–Crippen MR) is 127 cm³/mol. The number of para-hydroxylation sites is 1. The van der Waals surface area contributed by atoms with Crippen LogP contribution in [0.25, 0.3) is 22.1 Å². The van der Waals surface area contributed by atoms with Crippen LogP contribution in [0.2, 0.25) is 0 Å². The maximum absolute atomic E-state index is 12.5. The Bertz CT molecular complexity index is 1360. The molecule has 6 heteroatoms. The van der Waals surface area contributed by atoms with E-state index in [4.69, 9.17) is 9.15 Å². The SMILES string of the molecule is CCOc1cc(Br)cc(C=Nc2ccc(-c3cc4ccccc4oc3=O)c(C)c2)c1O. The van der Waals surface area contributed by atoms with Gasteiger partial charge in [0, 0.05) is 21.6 Å². The molecule has 156 valence electrons. The van der Waals surface area contributed by atoms with Gasteiger partial charge < -0.3 is 14.3 Å². The predicted octanol–water partition coefficient (Wildman–Crippen LogP) is 6.39. The van der Waals surface area contributed by atoms with Crippen LogP contribution in [0, 0.1) is 6.92 Å². The number of aromatic hydroxyl groups is 1. The summed E-state index contributed by atoms with van der Waals surface area (Å²) >= 11 is 3.42. The van der Waals surface area contributed by atoms with Crippen molar-refractivity contribution in [3.8, 4) is 22.6 Å². The Hall–Kier alpha value is -3.38. The highest BCUT2D eigenvalue weighted by molar-refractivity contribution is 9.10. The van der Waals surface area contributed by atoms with Crippen molar-refractivity contribution < 1.29 is 14.3 Å². The van der Waals surface area contributed by atoms with Crippen molar-refractivity contribution in [2.75, 3.05) is 6.61 Å². The van der Waals surface area contributed by atoms with Gasteiger partial charge in [0.25, 0.3) is 0 Å². The first-order valence-electron chi connectivity index (χ1n) is 9.79. The first-order valence-corrected chi connectivity index (χ1v) is 10.6. The van der Waals surface area contributed by atoms with E-state index in [1.54, 1.807) is 24.4 Å². The summed E-state index contributed by atoms with van der Waals surface area (Å²) in [6.45, 7) is 4.23. The van der Waals surface area contributed by atoms with Gasteiger partial charge in [-0.05, 0) is 61.4 Å². The van der Waals surface area contributed by atoms with Gasteiger partial charge in [0.05, 0.1) is 17.9 Å². The fraction of sp³-hybridized carbons (Fsp3) is 0.120. The molecule has 0 aliphatic carbocycles. The Morgan fingerprint density at radius 1 is 1.10 bits per heavy atom. The highest BCUT2D eigenvalue weighted by Gasteiger charge is 2.11. The summed E-state index contributed by atoms with van der Waals surface area (Å²) in [6.07, 6.45) is 1.58. The largest absolute Gasteiger partial charge is 0.504 e. The molecule has 4 rings (SSSR count). The number of ether oxygens (including phenoxy) is 1. The summed E-state index contributed by atoms with van der Waals surface area (Å²) in [5.41, 5.74) is 3.63. The van der Waals surface area contributed by atoms with Crippen molar-refractivity contribution in [2.45, 2.75) is 13.8 Å². The third kappa shape index (κ3) is 4.39. The molecule has 4 aromatic rings. The topological polar surface area (TPSA) is 72.0 Å². The number of phenols is 1.